The number of hydrogen-bond acceptors (Lipinski definition) is 2. The standard InChI is InChI=1S/C12H20N2O2/c1-8-9(2)13-12(16)14(11(8)15)10-6-4-3-5-7-10/h8-10H,3-7H2,1-2H3,(H,13,16). The number of rotatable bonds is 1. The molecule has 2 aliphatic rings. The molecule has 1 aliphatic heterocycles. The van der Waals surface area contributed by atoms with Crippen molar-refractivity contribution in [2.45, 2.75) is 58.0 Å². The first-order valence-corrected chi connectivity index (χ1v) is 6.25. The van der Waals surface area contributed by atoms with Gasteiger partial charge >= 0.3 is 6.03 Å². The molecule has 2 fully saturated rings. The smallest absolute Gasteiger partial charge is 0.324 e. The van der Waals surface area contributed by atoms with Crippen molar-refractivity contribution in [1.29, 1.82) is 0 Å². The Hall–Kier alpha value is -1.06. The molecule has 4 nitrogen and oxygen atoms in total. The van der Waals surface area contributed by atoms with Gasteiger partial charge in [-0.25, -0.2) is 4.79 Å². The van der Waals surface area contributed by atoms with Gasteiger partial charge in [-0.15, -0.1) is 0 Å². The summed E-state index contributed by atoms with van der Waals surface area (Å²) < 4.78 is 0. The molecule has 90 valence electrons. The van der Waals surface area contributed by atoms with Crippen LogP contribution in [0.2, 0.25) is 0 Å². The van der Waals surface area contributed by atoms with Crippen molar-refractivity contribution in [2.75, 3.05) is 0 Å². The van der Waals surface area contributed by atoms with E-state index in [9.17, 15) is 9.59 Å². The van der Waals surface area contributed by atoms with Gasteiger partial charge in [0, 0.05) is 12.1 Å². The lowest BCUT2D eigenvalue weighted by Crippen LogP contribution is -2.61. The third-order valence-electron chi connectivity index (χ3n) is 3.89. The summed E-state index contributed by atoms with van der Waals surface area (Å²) in [4.78, 5) is 25.4. The minimum atomic E-state index is -0.192. The zero-order valence-electron chi connectivity index (χ0n) is 10.0. The highest BCUT2D eigenvalue weighted by Gasteiger charge is 2.40. The fourth-order valence-corrected chi connectivity index (χ4v) is 2.61. The molecule has 4 heteroatoms. The quantitative estimate of drug-likeness (QED) is 0.739. The Morgan fingerprint density at radius 1 is 1.12 bits per heavy atom. The van der Waals surface area contributed by atoms with Crippen LogP contribution < -0.4 is 5.32 Å². The molecule has 1 saturated heterocycles. The van der Waals surface area contributed by atoms with Gasteiger partial charge in [-0.3, -0.25) is 9.69 Å². The van der Waals surface area contributed by atoms with Crippen LogP contribution >= 0.6 is 0 Å². The summed E-state index contributed by atoms with van der Waals surface area (Å²) in [5.74, 6) is -0.0947. The third kappa shape index (κ3) is 1.93. The highest BCUT2D eigenvalue weighted by Crippen LogP contribution is 2.26. The van der Waals surface area contributed by atoms with E-state index in [0.717, 1.165) is 25.7 Å². The predicted octanol–water partition coefficient (Wildman–Crippen LogP) is 1.90. The van der Waals surface area contributed by atoms with Crippen LogP contribution in [0.1, 0.15) is 46.0 Å². The molecule has 2 unspecified atom stereocenters. The molecular formula is C12H20N2O2. The molecule has 2 rings (SSSR count). The Morgan fingerprint density at radius 3 is 2.38 bits per heavy atom. The molecule has 0 spiro atoms. The lowest BCUT2D eigenvalue weighted by atomic mass is 9.91. The maximum absolute atomic E-state index is 12.1. The van der Waals surface area contributed by atoms with Crippen molar-refractivity contribution in [3.05, 3.63) is 0 Å². The molecule has 1 aliphatic carbocycles. The number of nitrogens with zero attached hydrogens (tertiary/aromatic N) is 1. The fourth-order valence-electron chi connectivity index (χ4n) is 2.61. The summed E-state index contributed by atoms with van der Waals surface area (Å²) >= 11 is 0. The molecule has 0 aromatic carbocycles. The van der Waals surface area contributed by atoms with Crippen LogP contribution in [0.15, 0.2) is 0 Å². The second-order valence-corrected chi connectivity index (χ2v) is 5.03. The Bertz CT molecular complexity index is 297. The summed E-state index contributed by atoms with van der Waals surface area (Å²) in [6.07, 6.45) is 5.43. The third-order valence-corrected chi connectivity index (χ3v) is 3.89. The van der Waals surface area contributed by atoms with Gasteiger partial charge in [-0.05, 0) is 19.8 Å². The van der Waals surface area contributed by atoms with Gasteiger partial charge in [-0.1, -0.05) is 26.2 Å². The molecule has 0 radical (unpaired) electrons. The van der Waals surface area contributed by atoms with E-state index in [1.54, 1.807) is 0 Å². The van der Waals surface area contributed by atoms with Crippen LogP contribution in [0.25, 0.3) is 0 Å². The number of urea groups is 1. The Labute approximate surface area is 96.4 Å². The van der Waals surface area contributed by atoms with Gasteiger partial charge in [0.2, 0.25) is 5.91 Å². The second kappa shape index (κ2) is 4.44. The summed E-state index contributed by atoms with van der Waals surface area (Å²) in [6.45, 7) is 3.78. The van der Waals surface area contributed by atoms with Crippen molar-refractivity contribution in [3.8, 4) is 0 Å². The monoisotopic (exact) mass is 224 g/mol. The topological polar surface area (TPSA) is 49.4 Å². The second-order valence-electron chi connectivity index (χ2n) is 5.03. The van der Waals surface area contributed by atoms with E-state index in [0.29, 0.717) is 0 Å². The summed E-state index contributed by atoms with van der Waals surface area (Å²) in [5.41, 5.74) is 0. The van der Waals surface area contributed by atoms with Gasteiger partial charge in [0.05, 0.1) is 5.92 Å². The van der Waals surface area contributed by atoms with Gasteiger partial charge in [0.25, 0.3) is 0 Å². The Kier molecular flexibility index (Phi) is 3.17. The molecule has 1 N–H and O–H groups in total. The molecule has 0 bridgehead atoms. The normalized spacial score (nSPS) is 32.8. The minimum absolute atomic E-state index is 0.00292. The number of hydrogen-bond donors (Lipinski definition) is 1. The van der Waals surface area contributed by atoms with Gasteiger partial charge < -0.3 is 5.32 Å². The van der Waals surface area contributed by atoms with Crippen LogP contribution in [0.4, 0.5) is 4.79 Å². The zero-order valence-corrected chi connectivity index (χ0v) is 10.0. The molecular weight excluding hydrogens is 204 g/mol. The molecule has 1 heterocycles. The first-order valence-electron chi connectivity index (χ1n) is 6.25. The van der Waals surface area contributed by atoms with Gasteiger partial charge in [0.1, 0.15) is 0 Å². The van der Waals surface area contributed by atoms with Gasteiger partial charge in [0.15, 0.2) is 0 Å². The summed E-state index contributed by atoms with van der Waals surface area (Å²) in [5, 5.41) is 2.87. The number of nitrogens with one attached hydrogen (secondary N) is 1. The molecule has 16 heavy (non-hydrogen) atoms. The number of imide groups is 1. The van der Waals surface area contributed by atoms with Gasteiger partial charge in [-0.2, -0.15) is 0 Å². The molecule has 2 atom stereocenters. The molecule has 0 aromatic heterocycles. The number of amides is 3. The first-order chi connectivity index (χ1) is 7.61. The number of carbonyl (C=O) groups excluding carboxylic acids is 2. The van der Waals surface area contributed by atoms with Crippen molar-refractivity contribution < 1.29 is 9.59 Å². The van der Waals surface area contributed by atoms with Crippen LogP contribution in [-0.4, -0.2) is 28.9 Å². The molecule has 0 aromatic rings. The maximum atomic E-state index is 12.1. The lowest BCUT2D eigenvalue weighted by molar-refractivity contribution is -0.137. The molecule has 3 amide bonds. The Balaban J connectivity index is 2.12. The van der Waals surface area contributed by atoms with Crippen LogP contribution in [0, 0.1) is 5.92 Å². The highest BCUT2D eigenvalue weighted by atomic mass is 16.2. The average Bonchev–Trinajstić information content (AvgIpc) is 2.28. The summed E-state index contributed by atoms with van der Waals surface area (Å²) in [7, 11) is 0. The minimum Gasteiger partial charge on any atom is -0.334 e. The zero-order chi connectivity index (χ0) is 11.7. The van der Waals surface area contributed by atoms with Crippen LogP contribution in [-0.2, 0) is 4.79 Å². The van der Waals surface area contributed by atoms with Crippen molar-refractivity contribution >= 4 is 11.9 Å². The fraction of sp³-hybridized carbons (Fsp3) is 0.833. The molecule has 1 saturated carbocycles. The number of carbonyl (C=O) groups is 2. The van der Waals surface area contributed by atoms with Crippen LogP contribution in [0.3, 0.4) is 0 Å². The predicted molar refractivity (Wildman–Crippen MR) is 60.9 cm³/mol. The SMILES string of the molecule is CC1NC(=O)N(C2CCCCC2)C(=O)C1C. The lowest BCUT2D eigenvalue weighted by Gasteiger charge is -2.40. The maximum Gasteiger partial charge on any atom is 0.324 e. The summed E-state index contributed by atoms with van der Waals surface area (Å²) in [6, 6.07) is -0.0986. The highest BCUT2D eigenvalue weighted by molar-refractivity contribution is 5.98. The van der Waals surface area contributed by atoms with Crippen molar-refractivity contribution in [1.82, 2.24) is 10.2 Å². The van der Waals surface area contributed by atoms with E-state index in [-0.39, 0.29) is 29.9 Å². The first kappa shape index (κ1) is 11.4. The van der Waals surface area contributed by atoms with E-state index in [2.05, 4.69) is 5.32 Å². The van der Waals surface area contributed by atoms with Crippen molar-refractivity contribution in [2.24, 2.45) is 5.92 Å². The van der Waals surface area contributed by atoms with E-state index in [4.69, 9.17) is 0 Å². The largest absolute Gasteiger partial charge is 0.334 e. The van der Waals surface area contributed by atoms with Crippen molar-refractivity contribution in [3.63, 3.8) is 0 Å². The van der Waals surface area contributed by atoms with E-state index < -0.39 is 0 Å². The Morgan fingerprint density at radius 2 is 1.75 bits per heavy atom. The van der Waals surface area contributed by atoms with Crippen LogP contribution in [0.5, 0.6) is 0 Å². The van der Waals surface area contributed by atoms with E-state index in [1.807, 2.05) is 13.8 Å². The average molecular weight is 224 g/mol. The van der Waals surface area contributed by atoms with E-state index in [1.165, 1.54) is 11.3 Å². The van der Waals surface area contributed by atoms with E-state index >= 15 is 0 Å².